The van der Waals surface area contributed by atoms with Crippen molar-refractivity contribution in [2.45, 2.75) is 32.2 Å². The highest BCUT2D eigenvalue weighted by atomic mass is 28.4. The van der Waals surface area contributed by atoms with E-state index in [2.05, 4.69) is 85.4 Å². The van der Waals surface area contributed by atoms with Crippen molar-refractivity contribution in [2.24, 2.45) is 5.92 Å². The summed E-state index contributed by atoms with van der Waals surface area (Å²) in [7, 11) is -0.258. The Morgan fingerprint density at radius 3 is 2.28 bits per heavy atom. The average molecular weight is 349 g/mol. The molecule has 1 unspecified atom stereocenters. The van der Waals surface area contributed by atoms with Crippen LogP contribution in [0.5, 0.6) is 0 Å². The highest BCUT2D eigenvalue weighted by molar-refractivity contribution is 6.96. The molecular weight excluding hydrogens is 320 g/mol. The van der Waals surface area contributed by atoms with Crippen molar-refractivity contribution in [3.05, 3.63) is 84.5 Å². The summed E-state index contributed by atoms with van der Waals surface area (Å²) in [4.78, 5) is 0. The summed E-state index contributed by atoms with van der Waals surface area (Å²) >= 11 is 0. The van der Waals surface area contributed by atoms with Gasteiger partial charge >= 0.3 is 0 Å². The smallest absolute Gasteiger partial charge is 0.252 e. The fourth-order valence-electron chi connectivity index (χ4n) is 3.71. The van der Waals surface area contributed by atoms with Crippen LogP contribution in [-0.2, 0) is 10.8 Å². The molecule has 3 rings (SSSR count). The van der Waals surface area contributed by atoms with Crippen LogP contribution in [0, 0.1) is 5.92 Å². The van der Waals surface area contributed by atoms with E-state index in [0.29, 0.717) is 5.92 Å². The number of hydrogen-bond donors (Lipinski definition) is 0. The highest BCUT2D eigenvalue weighted by Crippen LogP contribution is 2.18. The van der Waals surface area contributed by atoms with Crippen molar-refractivity contribution in [1.29, 1.82) is 0 Å². The predicted molar refractivity (Wildman–Crippen MR) is 110 cm³/mol. The van der Waals surface area contributed by atoms with E-state index in [0.717, 1.165) is 6.42 Å². The second-order valence-electron chi connectivity index (χ2n) is 6.94. The van der Waals surface area contributed by atoms with Crippen LogP contribution in [0.2, 0.25) is 6.55 Å². The van der Waals surface area contributed by atoms with Crippen LogP contribution < -0.4 is 10.4 Å². The summed E-state index contributed by atoms with van der Waals surface area (Å²) in [6, 6.07) is 19.6. The second kappa shape index (κ2) is 8.46. The van der Waals surface area contributed by atoms with Gasteiger partial charge in [-0.2, -0.15) is 0 Å². The molecule has 1 aliphatic carbocycles. The van der Waals surface area contributed by atoms with Crippen molar-refractivity contribution in [1.82, 2.24) is 0 Å². The summed E-state index contributed by atoms with van der Waals surface area (Å²) in [6.07, 6.45) is 13.8. The normalized spacial score (nSPS) is 16.2. The molecule has 0 fully saturated rings. The number of unbranched alkanes of at least 4 members (excludes halogenated alkanes) is 1. The molecule has 1 aliphatic rings. The van der Waals surface area contributed by atoms with Gasteiger partial charge in [0.1, 0.15) is 0 Å². The summed E-state index contributed by atoms with van der Waals surface area (Å²) in [6.45, 7) is 2.31. The zero-order valence-electron chi connectivity index (χ0n) is 15.3. The minimum absolute atomic E-state index is 0.651. The summed E-state index contributed by atoms with van der Waals surface area (Å²) < 4.78 is 6.16. The largest absolute Gasteiger partial charge is 0.411 e. The van der Waals surface area contributed by atoms with Gasteiger partial charge < -0.3 is 4.43 Å². The lowest BCUT2D eigenvalue weighted by atomic mass is 10.0. The minimum Gasteiger partial charge on any atom is -0.411 e. The standard InChI is InChI=1S/C23H28OSi/c1-24-25(2,22-17-4-3-5-18-22)23-19-11-10-16-21(23)15-9-8-14-20-12-6-7-13-20/h3-7,10-13,16-20H,8-9,14-15H2,1-2H3. The molecule has 0 spiro atoms. The third-order valence-corrected chi connectivity index (χ3v) is 9.09. The molecule has 0 radical (unpaired) electrons. The molecule has 2 aromatic rings. The van der Waals surface area contributed by atoms with E-state index < -0.39 is 8.32 Å². The van der Waals surface area contributed by atoms with Gasteiger partial charge in [0, 0.05) is 7.11 Å². The number of rotatable bonds is 8. The Kier molecular flexibility index (Phi) is 6.06. The van der Waals surface area contributed by atoms with Crippen molar-refractivity contribution in [3.63, 3.8) is 0 Å². The molecule has 1 atom stereocenters. The third kappa shape index (κ3) is 4.20. The number of hydrogen-bond acceptors (Lipinski definition) is 1. The number of allylic oxidation sites excluding steroid dienone is 4. The molecule has 0 saturated carbocycles. The predicted octanol–water partition coefficient (Wildman–Crippen LogP) is 4.48. The Hall–Kier alpha value is -1.90. The van der Waals surface area contributed by atoms with Gasteiger partial charge in [0.25, 0.3) is 8.32 Å². The lowest BCUT2D eigenvalue weighted by Gasteiger charge is -2.28. The Balaban J connectivity index is 1.73. The number of benzene rings is 2. The molecule has 2 aromatic carbocycles. The average Bonchev–Trinajstić information content (AvgIpc) is 3.19. The molecule has 0 amide bonds. The van der Waals surface area contributed by atoms with Crippen molar-refractivity contribution in [3.8, 4) is 0 Å². The van der Waals surface area contributed by atoms with Crippen LogP contribution in [0.15, 0.2) is 78.9 Å². The first-order valence-corrected chi connectivity index (χ1v) is 11.7. The van der Waals surface area contributed by atoms with E-state index in [1.807, 2.05) is 7.11 Å². The first-order valence-electron chi connectivity index (χ1n) is 9.28. The quantitative estimate of drug-likeness (QED) is 0.505. The molecule has 0 aromatic heterocycles. The van der Waals surface area contributed by atoms with Crippen molar-refractivity contribution >= 4 is 18.7 Å². The van der Waals surface area contributed by atoms with E-state index in [-0.39, 0.29) is 0 Å². The molecule has 0 aliphatic heterocycles. The first-order chi connectivity index (χ1) is 12.2. The van der Waals surface area contributed by atoms with Gasteiger partial charge in [0.2, 0.25) is 0 Å². The Morgan fingerprint density at radius 2 is 1.56 bits per heavy atom. The summed E-state index contributed by atoms with van der Waals surface area (Å²) in [5.74, 6) is 0.651. The SMILES string of the molecule is CO[Si](C)(c1ccccc1)c1ccccc1CCCCC1C=CC=C1. The lowest BCUT2D eigenvalue weighted by molar-refractivity contribution is 0.421. The lowest BCUT2D eigenvalue weighted by Crippen LogP contribution is -2.58. The maximum atomic E-state index is 6.16. The van der Waals surface area contributed by atoms with Crippen LogP contribution in [0.4, 0.5) is 0 Å². The van der Waals surface area contributed by atoms with E-state index in [1.54, 1.807) is 0 Å². The van der Waals surface area contributed by atoms with Crippen molar-refractivity contribution in [2.75, 3.05) is 7.11 Å². The molecule has 0 heterocycles. The molecule has 0 saturated heterocycles. The Labute approximate surface area is 153 Å². The van der Waals surface area contributed by atoms with E-state index in [4.69, 9.17) is 4.43 Å². The minimum atomic E-state index is -2.13. The van der Waals surface area contributed by atoms with Gasteiger partial charge in [0.15, 0.2) is 0 Å². The van der Waals surface area contributed by atoms with Gasteiger partial charge in [-0.3, -0.25) is 0 Å². The zero-order chi connectivity index (χ0) is 17.5. The van der Waals surface area contributed by atoms with Gasteiger partial charge in [-0.05, 0) is 47.7 Å². The third-order valence-electron chi connectivity index (χ3n) is 5.33. The van der Waals surface area contributed by atoms with Gasteiger partial charge in [-0.1, -0.05) is 85.3 Å². The van der Waals surface area contributed by atoms with Crippen LogP contribution in [0.3, 0.4) is 0 Å². The molecule has 0 N–H and O–H groups in total. The molecule has 0 bridgehead atoms. The summed E-state index contributed by atoms with van der Waals surface area (Å²) in [5.41, 5.74) is 1.46. The fraction of sp³-hybridized carbons (Fsp3) is 0.304. The topological polar surface area (TPSA) is 9.23 Å². The van der Waals surface area contributed by atoms with Gasteiger partial charge in [-0.25, -0.2) is 0 Å². The maximum absolute atomic E-state index is 6.16. The monoisotopic (exact) mass is 348 g/mol. The van der Waals surface area contributed by atoms with Crippen LogP contribution in [0.25, 0.3) is 0 Å². The van der Waals surface area contributed by atoms with E-state index in [1.165, 1.54) is 35.2 Å². The van der Waals surface area contributed by atoms with Crippen LogP contribution >= 0.6 is 0 Å². The van der Waals surface area contributed by atoms with Crippen molar-refractivity contribution < 1.29 is 4.43 Å². The fourth-order valence-corrected chi connectivity index (χ4v) is 6.54. The Bertz CT molecular complexity index is 723. The molecule has 25 heavy (non-hydrogen) atoms. The molecular formula is C23H28OSi. The Morgan fingerprint density at radius 1 is 0.880 bits per heavy atom. The van der Waals surface area contributed by atoms with Gasteiger partial charge in [-0.15, -0.1) is 0 Å². The van der Waals surface area contributed by atoms with Crippen LogP contribution in [-0.4, -0.2) is 15.4 Å². The van der Waals surface area contributed by atoms with Gasteiger partial charge in [0.05, 0.1) is 0 Å². The maximum Gasteiger partial charge on any atom is 0.252 e. The highest BCUT2D eigenvalue weighted by Gasteiger charge is 2.34. The second-order valence-corrected chi connectivity index (χ2v) is 10.5. The molecule has 1 nitrogen and oxygen atoms in total. The summed E-state index contributed by atoms with van der Waals surface area (Å²) in [5, 5.41) is 2.76. The van der Waals surface area contributed by atoms with E-state index >= 15 is 0 Å². The first kappa shape index (κ1) is 17.9. The van der Waals surface area contributed by atoms with E-state index in [9.17, 15) is 0 Å². The zero-order valence-corrected chi connectivity index (χ0v) is 16.3. The van der Waals surface area contributed by atoms with Crippen LogP contribution in [0.1, 0.15) is 24.8 Å². The molecule has 2 heteroatoms. The molecule has 130 valence electrons. The number of aryl methyl sites for hydroxylation is 1.